The Balaban J connectivity index is 2.17. The van der Waals surface area contributed by atoms with E-state index in [0.29, 0.717) is 23.5 Å². The van der Waals surface area contributed by atoms with Gasteiger partial charge in [0, 0.05) is 12.0 Å². The van der Waals surface area contributed by atoms with E-state index in [-0.39, 0.29) is 16.9 Å². The summed E-state index contributed by atoms with van der Waals surface area (Å²) in [5.74, 6) is 1.52. The molecular formula is C21H33NO3. The molecule has 25 heavy (non-hydrogen) atoms. The fraction of sp³-hybridized carbons (Fsp3) is 0.667. The molecule has 1 aromatic rings. The van der Waals surface area contributed by atoms with Crippen LogP contribution in [0.2, 0.25) is 0 Å². The second kappa shape index (κ2) is 6.99. The summed E-state index contributed by atoms with van der Waals surface area (Å²) in [5.41, 5.74) is -0.0208. The Morgan fingerprint density at radius 2 is 1.88 bits per heavy atom. The van der Waals surface area contributed by atoms with Crippen LogP contribution in [-0.2, 0) is 0 Å². The highest BCUT2D eigenvalue weighted by Gasteiger charge is 2.39. The molecule has 1 unspecified atom stereocenters. The van der Waals surface area contributed by atoms with E-state index in [9.17, 15) is 4.79 Å². The summed E-state index contributed by atoms with van der Waals surface area (Å²) in [5, 5.41) is 3.49. The molecule has 140 valence electrons. The van der Waals surface area contributed by atoms with Crippen molar-refractivity contribution in [3.8, 4) is 11.5 Å². The van der Waals surface area contributed by atoms with E-state index in [2.05, 4.69) is 33.0 Å². The van der Waals surface area contributed by atoms with Crippen LogP contribution in [0.4, 0.5) is 0 Å². The number of hydrogen-bond acceptors (Lipinski definition) is 4. The van der Waals surface area contributed by atoms with Gasteiger partial charge in [0.25, 0.3) is 0 Å². The largest absolute Gasteiger partial charge is 0.488 e. The van der Waals surface area contributed by atoms with E-state index >= 15 is 0 Å². The smallest absolute Gasteiger partial charge is 0.170 e. The number of ketones is 1. The Labute approximate surface area is 152 Å². The van der Waals surface area contributed by atoms with E-state index in [1.54, 1.807) is 0 Å². The molecule has 0 bridgehead atoms. The second-order valence-electron chi connectivity index (χ2n) is 9.04. The molecule has 1 heterocycles. The molecule has 0 saturated carbocycles. The van der Waals surface area contributed by atoms with Crippen molar-refractivity contribution in [3.05, 3.63) is 23.8 Å². The lowest BCUT2D eigenvalue weighted by molar-refractivity contribution is 0.0305. The van der Waals surface area contributed by atoms with Crippen LogP contribution in [-0.4, -0.2) is 29.1 Å². The third-order valence-electron chi connectivity index (χ3n) is 4.36. The molecule has 0 saturated heterocycles. The third-order valence-corrected chi connectivity index (χ3v) is 4.36. The number of ether oxygens (including phenoxy) is 2. The SMILES string of the molecule is CCC1(CCNC(C)(C)C)CC(=O)c2cc(OC(C)(C)C)ccc2O1. The van der Waals surface area contributed by atoms with Gasteiger partial charge in [-0.1, -0.05) is 6.92 Å². The first kappa shape index (κ1) is 19.8. The van der Waals surface area contributed by atoms with Crippen LogP contribution in [0.25, 0.3) is 0 Å². The van der Waals surface area contributed by atoms with Crippen molar-refractivity contribution in [1.29, 1.82) is 0 Å². The van der Waals surface area contributed by atoms with Crippen molar-refractivity contribution in [2.24, 2.45) is 0 Å². The molecule has 4 heteroatoms. The number of carbonyl (C=O) groups excluding carboxylic acids is 1. The van der Waals surface area contributed by atoms with Crippen molar-refractivity contribution in [1.82, 2.24) is 5.32 Å². The van der Waals surface area contributed by atoms with Gasteiger partial charge in [0.05, 0.1) is 12.0 Å². The van der Waals surface area contributed by atoms with Gasteiger partial charge in [-0.05, 0) is 72.7 Å². The Morgan fingerprint density at radius 3 is 2.44 bits per heavy atom. The first-order chi connectivity index (χ1) is 11.4. The van der Waals surface area contributed by atoms with Gasteiger partial charge in [-0.3, -0.25) is 4.79 Å². The summed E-state index contributed by atoms with van der Waals surface area (Å²) in [6, 6.07) is 5.57. The zero-order valence-corrected chi connectivity index (χ0v) is 16.8. The summed E-state index contributed by atoms with van der Waals surface area (Å²) >= 11 is 0. The molecule has 1 atom stereocenters. The zero-order chi connectivity index (χ0) is 18.9. The van der Waals surface area contributed by atoms with Crippen LogP contribution in [0.3, 0.4) is 0 Å². The van der Waals surface area contributed by atoms with Crippen molar-refractivity contribution < 1.29 is 14.3 Å². The van der Waals surface area contributed by atoms with Crippen LogP contribution < -0.4 is 14.8 Å². The van der Waals surface area contributed by atoms with Gasteiger partial charge in [-0.25, -0.2) is 0 Å². The highest BCUT2D eigenvalue weighted by atomic mass is 16.5. The number of carbonyl (C=O) groups is 1. The molecule has 0 amide bonds. The Bertz CT molecular complexity index is 625. The lowest BCUT2D eigenvalue weighted by Crippen LogP contribution is -2.46. The number of nitrogens with one attached hydrogen (secondary N) is 1. The average molecular weight is 347 g/mol. The first-order valence-corrected chi connectivity index (χ1v) is 9.23. The predicted octanol–water partition coefficient (Wildman–Crippen LogP) is 4.76. The molecule has 4 nitrogen and oxygen atoms in total. The lowest BCUT2D eigenvalue weighted by atomic mass is 9.85. The zero-order valence-electron chi connectivity index (χ0n) is 16.8. The molecule has 0 radical (unpaired) electrons. The van der Waals surface area contributed by atoms with Gasteiger partial charge >= 0.3 is 0 Å². The van der Waals surface area contributed by atoms with Crippen molar-refractivity contribution in [2.75, 3.05) is 6.54 Å². The van der Waals surface area contributed by atoms with Crippen LogP contribution >= 0.6 is 0 Å². The number of benzene rings is 1. The number of hydrogen-bond donors (Lipinski definition) is 1. The molecular weight excluding hydrogens is 314 g/mol. The summed E-state index contributed by atoms with van der Waals surface area (Å²) in [4.78, 5) is 12.8. The molecule has 2 rings (SSSR count). The summed E-state index contributed by atoms with van der Waals surface area (Å²) in [7, 11) is 0. The molecule has 0 spiro atoms. The van der Waals surface area contributed by atoms with E-state index < -0.39 is 5.60 Å². The normalized spacial score (nSPS) is 20.8. The average Bonchev–Trinajstić information content (AvgIpc) is 2.45. The molecule has 1 aromatic carbocycles. The topological polar surface area (TPSA) is 47.6 Å². The maximum Gasteiger partial charge on any atom is 0.170 e. The maximum atomic E-state index is 12.8. The highest BCUT2D eigenvalue weighted by molar-refractivity contribution is 6.00. The molecule has 1 aliphatic heterocycles. The summed E-state index contributed by atoms with van der Waals surface area (Å²) in [6.45, 7) is 15.3. The molecule has 1 N–H and O–H groups in total. The van der Waals surface area contributed by atoms with Crippen molar-refractivity contribution in [3.63, 3.8) is 0 Å². The minimum atomic E-state index is -0.422. The number of rotatable bonds is 5. The molecule has 0 aliphatic carbocycles. The van der Waals surface area contributed by atoms with Gasteiger partial charge < -0.3 is 14.8 Å². The van der Waals surface area contributed by atoms with Gasteiger partial charge in [-0.2, -0.15) is 0 Å². The minimum Gasteiger partial charge on any atom is -0.488 e. The van der Waals surface area contributed by atoms with Crippen LogP contribution in [0.1, 0.15) is 78.1 Å². The fourth-order valence-electron chi connectivity index (χ4n) is 3.07. The lowest BCUT2D eigenvalue weighted by Gasteiger charge is -2.38. The quantitative estimate of drug-likeness (QED) is 0.834. The summed E-state index contributed by atoms with van der Waals surface area (Å²) < 4.78 is 12.2. The van der Waals surface area contributed by atoms with Crippen molar-refractivity contribution in [2.45, 2.75) is 84.5 Å². The van der Waals surface area contributed by atoms with E-state index in [0.717, 1.165) is 19.4 Å². The predicted molar refractivity (Wildman–Crippen MR) is 102 cm³/mol. The van der Waals surface area contributed by atoms with E-state index in [4.69, 9.17) is 9.47 Å². The van der Waals surface area contributed by atoms with Crippen LogP contribution in [0, 0.1) is 0 Å². The third kappa shape index (κ3) is 5.46. The monoisotopic (exact) mass is 347 g/mol. The molecule has 0 aromatic heterocycles. The fourth-order valence-corrected chi connectivity index (χ4v) is 3.07. The van der Waals surface area contributed by atoms with Crippen LogP contribution in [0.15, 0.2) is 18.2 Å². The second-order valence-corrected chi connectivity index (χ2v) is 9.04. The van der Waals surface area contributed by atoms with Gasteiger partial charge in [-0.15, -0.1) is 0 Å². The van der Waals surface area contributed by atoms with E-state index in [1.807, 2.05) is 39.0 Å². The van der Waals surface area contributed by atoms with Gasteiger partial charge in [0.15, 0.2) is 5.78 Å². The standard InChI is InChI=1S/C21H33NO3/c1-8-21(11-12-22-19(2,3)4)14-17(23)16-13-15(24-20(5,6)7)9-10-18(16)25-21/h9-10,13,22H,8,11-12,14H2,1-7H3. The Morgan fingerprint density at radius 1 is 1.20 bits per heavy atom. The van der Waals surface area contributed by atoms with Crippen LogP contribution in [0.5, 0.6) is 11.5 Å². The molecule has 0 fully saturated rings. The van der Waals surface area contributed by atoms with Crippen molar-refractivity contribution >= 4 is 5.78 Å². The minimum absolute atomic E-state index is 0.0602. The van der Waals surface area contributed by atoms with Gasteiger partial charge in [0.1, 0.15) is 22.7 Å². The number of fused-ring (bicyclic) bond motifs is 1. The number of Topliss-reactive ketones (excluding diaryl/α,β-unsaturated/α-hetero) is 1. The molecule has 1 aliphatic rings. The summed E-state index contributed by atoms with van der Waals surface area (Å²) in [6.07, 6.45) is 2.04. The Kier molecular flexibility index (Phi) is 5.53. The first-order valence-electron chi connectivity index (χ1n) is 9.23. The van der Waals surface area contributed by atoms with Gasteiger partial charge in [0.2, 0.25) is 0 Å². The highest BCUT2D eigenvalue weighted by Crippen LogP contribution is 2.39. The maximum absolute atomic E-state index is 12.8. The van der Waals surface area contributed by atoms with E-state index in [1.165, 1.54) is 0 Å². The Hall–Kier alpha value is -1.55.